The van der Waals surface area contributed by atoms with E-state index in [0.29, 0.717) is 11.6 Å². The van der Waals surface area contributed by atoms with Gasteiger partial charge in [-0.1, -0.05) is 11.6 Å². The number of nitrogens with one attached hydrogen (secondary N) is 2. The maximum Gasteiger partial charge on any atom is 0.321 e. The number of urea groups is 1. The lowest BCUT2D eigenvalue weighted by Crippen LogP contribution is -2.41. The van der Waals surface area contributed by atoms with Gasteiger partial charge in [0.05, 0.1) is 5.56 Å². The van der Waals surface area contributed by atoms with Crippen LogP contribution in [-0.2, 0) is 4.79 Å². The van der Waals surface area contributed by atoms with Gasteiger partial charge < -0.3 is 10.1 Å². The molecule has 3 amide bonds. The van der Waals surface area contributed by atoms with Crippen molar-refractivity contribution in [1.82, 2.24) is 10.6 Å². The van der Waals surface area contributed by atoms with Crippen LogP contribution in [0.2, 0.25) is 5.02 Å². The van der Waals surface area contributed by atoms with Crippen molar-refractivity contribution < 1.29 is 19.1 Å². The molecule has 2 N–H and O–H groups in total. The summed E-state index contributed by atoms with van der Waals surface area (Å²) in [7, 11) is 0. The van der Waals surface area contributed by atoms with Gasteiger partial charge in [0.25, 0.3) is 5.91 Å². The van der Waals surface area contributed by atoms with E-state index in [9.17, 15) is 14.4 Å². The topological polar surface area (TPSA) is 84.5 Å². The molecule has 0 fully saturated rings. The molecule has 0 unspecified atom stereocenters. The first-order valence-electron chi connectivity index (χ1n) is 5.95. The van der Waals surface area contributed by atoms with Gasteiger partial charge in [-0.2, -0.15) is 0 Å². The summed E-state index contributed by atoms with van der Waals surface area (Å²) in [6, 6.07) is 3.91. The number of amides is 3. The molecule has 0 aromatic heterocycles. The number of ether oxygens (including phenoxy) is 1. The SMILES string of the molecule is CCNC(=O)NC(=O)COc1ccc(Cl)cc1C(C)=O. The van der Waals surface area contributed by atoms with Crippen LogP contribution in [0.1, 0.15) is 24.2 Å². The number of imide groups is 1. The minimum Gasteiger partial charge on any atom is -0.483 e. The second kappa shape index (κ2) is 7.49. The number of hydrogen-bond donors (Lipinski definition) is 2. The van der Waals surface area contributed by atoms with Crippen LogP contribution < -0.4 is 15.4 Å². The van der Waals surface area contributed by atoms with Gasteiger partial charge >= 0.3 is 6.03 Å². The molecule has 0 aliphatic heterocycles. The van der Waals surface area contributed by atoms with Crippen molar-refractivity contribution in [2.24, 2.45) is 0 Å². The molecule has 6 nitrogen and oxygen atoms in total. The number of Topliss-reactive ketones (excluding diaryl/α,β-unsaturated/α-hetero) is 1. The van der Waals surface area contributed by atoms with Crippen LogP contribution in [0.25, 0.3) is 0 Å². The third-order valence-corrected chi connectivity index (χ3v) is 2.51. The number of hydrogen-bond acceptors (Lipinski definition) is 4. The Morgan fingerprint density at radius 3 is 2.60 bits per heavy atom. The standard InChI is InChI=1S/C13H15ClN2O4/c1-3-15-13(19)16-12(18)7-20-11-5-4-9(14)6-10(11)8(2)17/h4-6H,3,7H2,1-2H3,(H2,15,16,18,19). The summed E-state index contributed by atoms with van der Waals surface area (Å²) < 4.78 is 5.22. The second-order valence-electron chi connectivity index (χ2n) is 3.89. The summed E-state index contributed by atoms with van der Waals surface area (Å²) in [6.45, 7) is 3.13. The van der Waals surface area contributed by atoms with Crippen LogP contribution in [0.5, 0.6) is 5.75 Å². The molecular formula is C13H15ClN2O4. The molecule has 1 aromatic carbocycles. The van der Waals surface area contributed by atoms with Crippen molar-refractivity contribution in [3.8, 4) is 5.75 Å². The van der Waals surface area contributed by atoms with Crippen LogP contribution in [0.4, 0.5) is 4.79 Å². The second-order valence-corrected chi connectivity index (χ2v) is 4.33. The number of carbonyl (C=O) groups is 3. The van der Waals surface area contributed by atoms with E-state index in [4.69, 9.17) is 16.3 Å². The molecule has 0 radical (unpaired) electrons. The Morgan fingerprint density at radius 2 is 2.00 bits per heavy atom. The summed E-state index contributed by atoms with van der Waals surface area (Å²) in [5, 5.41) is 4.90. The molecule has 0 saturated carbocycles. The van der Waals surface area contributed by atoms with Crippen molar-refractivity contribution in [3.05, 3.63) is 28.8 Å². The molecule has 0 atom stereocenters. The lowest BCUT2D eigenvalue weighted by Gasteiger charge is -2.10. The molecule has 0 bridgehead atoms. The molecule has 20 heavy (non-hydrogen) atoms. The first-order valence-corrected chi connectivity index (χ1v) is 6.32. The number of ketones is 1. The van der Waals surface area contributed by atoms with Crippen LogP contribution in [0, 0.1) is 0 Å². The highest BCUT2D eigenvalue weighted by Crippen LogP contribution is 2.23. The zero-order valence-corrected chi connectivity index (χ0v) is 11.9. The lowest BCUT2D eigenvalue weighted by molar-refractivity contribution is -0.122. The van der Waals surface area contributed by atoms with Gasteiger partial charge in [-0.15, -0.1) is 0 Å². The Kier molecular flexibility index (Phi) is 5.99. The highest BCUT2D eigenvalue weighted by atomic mass is 35.5. The summed E-state index contributed by atoms with van der Waals surface area (Å²) >= 11 is 5.79. The maximum atomic E-state index is 11.4. The highest BCUT2D eigenvalue weighted by Gasteiger charge is 2.12. The van der Waals surface area contributed by atoms with Crippen LogP contribution in [-0.4, -0.2) is 30.9 Å². The van der Waals surface area contributed by atoms with Crippen LogP contribution in [0.15, 0.2) is 18.2 Å². The number of carbonyl (C=O) groups excluding carboxylic acids is 3. The van der Waals surface area contributed by atoms with E-state index in [1.807, 2.05) is 0 Å². The molecule has 0 saturated heterocycles. The molecule has 108 valence electrons. The van der Waals surface area contributed by atoms with E-state index < -0.39 is 11.9 Å². The van der Waals surface area contributed by atoms with Crippen molar-refractivity contribution in [2.75, 3.05) is 13.2 Å². The molecule has 0 heterocycles. The first-order chi connectivity index (χ1) is 9.43. The fourth-order valence-corrected chi connectivity index (χ4v) is 1.59. The summed E-state index contributed by atoms with van der Waals surface area (Å²) in [6.07, 6.45) is 0. The monoisotopic (exact) mass is 298 g/mol. The van der Waals surface area contributed by atoms with Crippen molar-refractivity contribution >= 4 is 29.3 Å². The van der Waals surface area contributed by atoms with Crippen molar-refractivity contribution in [2.45, 2.75) is 13.8 Å². The van der Waals surface area contributed by atoms with Gasteiger partial charge in [0.2, 0.25) is 0 Å². The Bertz CT molecular complexity index is 531. The lowest BCUT2D eigenvalue weighted by atomic mass is 10.1. The van der Waals surface area contributed by atoms with Crippen LogP contribution in [0.3, 0.4) is 0 Å². The fourth-order valence-electron chi connectivity index (χ4n) is 1.41. The normalized spacial score (nSPS) is 9.75. The number of halogens is 1. The van der Waals surface area contributed by atoms with E-state index in [0.717, 1.165) is 0 Å². The van der Waals surface area contributed by atoms with E-state index in [-0.39, 0.29) is 23.7 Å². The van der Waals surface area contributed by atoms with Gasteiger partial charge in [-0.25, -0.2) is 4.79 Å². The number of rotatable bonds is 5. The largest absolute Gasteiger partial charge is 0.483 e. The molecule has 0 aliphatic carbocycles. The van der Waals surface area contributed by atoms with E-state index >= 15 is 0 Å². The van der Waals surface area contributed by atoms with E-state index in [1.165, 1.54) is 19.1 Å². The van der Waals surface area contributed by atoms with Gasteiger partial charge in [-0.3, -0.25) is 14.9 Å². The zero-order chi connectivity index (χ0) is 15.1. The average molecular weight is 299 g/mol. The van der Waals surface area contributed by atoms with E-state index in [1.54, 1.807) is 13.0 Å². The Hall–Kier alpha value is -2.08. The van der Waals surface area contributed by atoms with Gasteiger partial charge in [0, 0.05) is 11.6 Å². The van der Waals surface area contributed by atoms with Gasteiger partial charge in [0.1, 0.15) is 5.75 Å². The quantitative estimate of drug-likeness (QED) is 0.811. The smallest absolute Gasteiger partial charge is 0.321 e. The van der Waals surface area contributed by atoms with Crippen LogP contribution >= 0.6 is 11.6 Å². The molecular weight excluding hydrogens is 284 g/mol. The molecule has 0 spiro atoms. The molecule has 0 aliphatic rings. The maximum absolute atomic E-state index is 11.4. The minimum atomic E-state index is -0.611. The molecule has 1 aromatic rings. The van der Waals surface area contributed by atoms with Gasteiger partial charge in [0.15, 0.2) is 12.4 Å². The third-order valence-electron chi connectivity index (χ3n) is 2.27. The Morgan fingerprint density at radius 1 is 1.30 bits per heavy atom. The molecule has 7 heteroatoms. The summed E-state index contributed by atoms with van der Waals surface area (Å²) in [4.78, 5) is 34.0. The van der Waals surface area contributed by atoms with Crippen molar-refractivity contribution in [1.29, 1.82) is 0 Å². The molecule has 1 rings (SSSR count). The first kappa shape index (κ1) is 16.0. The minimum absolute atomic E-state index is 0.230. The highest BCUT2D eigenvalue weighted by molar-refractivity contribution is 6.31. The fraction of sp³-hybridized carbons (Fsp3) is 0.308. The Labute approximate surface area is 121 Å². The Balaban J connectivity index is 2.64. The van der Waals surface area contributed by atoms with Crippen molar-refractivity contribution in [3.63, 3.8) is 0 Å². The van der Waals surface area contributed by atoms with E-state index in [2.05, 4.69) is 10.6 Å². The predicted molar refractivity (Wildman–Crippen MR) is 74.2 cm³/mol. The third kappa shape index (κ3) is 4.89. The summed E-state index contributed by atoms with van der Waals surface area (Å²) in [5.41, 5.74) is 0.281. The zero-order valence-electron chi connectivity index (χ0n) is 11.2. The predicted octanol–water partition coefficient (Wildman–Crippen LogP) is 1.77. The number of benzene rings is 1. The summed E-state index contributed by atoms with van der Waals surface area (Å²) in [5.74, 6) is -0.597. The average Bonchev–Trinajstić information content (AvgIpc) is 2.37. The van der Waals surface area contributed by atoms with Gasteiger partial charge in [-0.05, 0) is 32.0 Å².